The number of aromatic nitrogens is 3. The molecule has 20 heavy (non-hydrogen) atoms. The van der Waals surface area contributed by atoms with Crippen LogP contribution in [0.4, 0.5) is 0 Å². The van der Waals surface area contributed by atoms with Crippen molar-refractivity contribution in [3.05, 3.63) is 11.6 Å². The molecule has 1 unspecified atom stereocenters. The Kier molecular flexibility index (Phi) is 5.11. The number of aromatic amines is 1. The first-order chi connectivity index (χ1) is 9.63. The molecule has 6 nitrogen and oxygen atoms in total. The van der Waals surface area contributed by atoms with Crippen molar-refractivity contribution in [2.45, 2.75) is 52.0 Å². The highest BCUT2D eigenvalue weighted by Gasteiger charge is 2.28. The molecule has 112 valence electrons. The highest BCUT2D eigenvalue weighted by molar-refractivity contribution is 5.90. The minimum atomic E-state index is -0.0521. The Labute approximate surface area is 120 Å². The summed E-state index contributed by atoms with van der Waals surface area (Å²) < 4.78 is 0. The molecule has 0 radical (unpaired) electrons. The number of H-pyrrole nitrogens is 1. The minimum absolute atomic E-state index is 0.0521. The predicted molar refractivity (Wildman–Crippen MR) is 77.7 cm³/mol. The first-order valence-electron chi connectivity index (χ1n) is 7.57. The molecule has 0 bridgehead atoms. The van der Waals surface area contributed by atoms with Crippen LogP contribution in [-0.2, 0) is 0 Å². The zero-order chi connectivity index (χ0) is 14.5. The fourth-order valence-electron chi connectivity index (χ4n) is 2.55. The summed E-state index contributed by atoms with van der Waals surface area (Å²) in [5.41, 5.74) is 0. The van der Waals surface area contributed by atoms with Crippen molar-refractivity contribution in [2.75, 3.05) is 19.6 Å². The summed E-state index contributed by atoms with van der Waals surface area (Å²) in [5.74, 6) is 1.27. The second kappa shape index (κ2) is 6.83. The van der Waals surface area contributed by atoms with Crippen molar-refractivity contribution >= 4 is 5.91 Å². The average Bonchev–Trinajstić information content (AvgIpc) is 2.95. The molecule has 1 saturated heterocycles. The van der Waals surface area contributed by atoms with E-state index in [9.17, 15) is 4.79 Å². The summed E-state index contributed by atoms with van der Waals surface area (Å²) in [6, 6.07) is 0.261. The van der Waals surface area contributed by atoms with E-state index >= 15 is 0 Å². The largest absolute Gasteiger partial charge is 0.332 e. The Balaban J connectivity index is 2.12. The van der Waals surface area contributed by atoms with Crippen LogP contribution in [0.5, 0.6) is 0 Å². The van der Waals surface area contributed by atoms with E-state index in [-0.39, 0.29) is 17.9 Å². The smallest absolute Gasteiger partial charge is 0.293 e. The third kappa shape index (κ3) is 3.36. The van der Waals surface area contributed by atoms with Gasteiger partial charge in [-0.05, 0) is 25.8 Å². The van der Waals surface area contributed by atoms with E-state index in [1.54, 1.807) is 0 Å². The highest BCUT2D eigenvalue weighted by atomic mass is 16.2. The van der Waals surface area contributed by atoms with E-state index in [1.165, 1.54) is 0 Å². The van der Waals surface area contributed by atoms with Crippen LogP contribution >= 0.6 is 0 Å². The van der Waals surface area contributed by atoms with Crippen molar-refractivity contribution in [2.24, 2.45) is 0 Å². The van der Waals surface area contributed by atoms with Gasteiger partial charge in [0.05, 0.1) is 0 Å². The summed E-state index contributed by atoms with van der Waals surface area (Å²) in [6.07, 6.45) is 3.12. The van der Waals surface area contributed by atoms with Gasteiger partial charge in [0.1, 0.15) is 5.82 Å². The monoisotopic (exact) mass is 279 g/mol. The number of nitrogens with zero attached hydrogens (tertiary/aromatic N) is 3. The van der Waals surface area contributed by atoms with Crippen LogP contribution in [-0.4, -0.2) is 51.7 Å². The van der Waals surface area contributed by atoms with Crippen LogP contribution < -0.4 is 5.32 Å². The second-order valence-corrected chi connectivity index (χ2v) is 5.70. The van der Waals surface area contributed by atoms with Crippen LogP contribution in [0.1, 0.15) is 62.4 Å². The fourth-order valence-corrected chi connectivity index (χ4v) is 2.55. The molecule has 1 amide bonds. The summed E-state index contributed by atoms with van der Waals surface area (Å²) in [7, 11) is 0. The highest BCUT2D eigenvalue weighted by Crippen LogP contribution is 2.15. The van der Waals surface area contributed by atoms with E-state index in [0.29, 0.717) is 5.82 Å². The SMILES string of the molecule is CCCN(C(=O)c1n[nH]c(C(C)C)n1)C1CCCNC1. The third-order valence-electron chi connectivity index (χ3n) is 3.68. The van der Waals surface area contributed by atoms with Gasteiger partial charge in [-0.3, -0.25) is 9.89 Å². The van der Waals surface area contributed by atoms with Gasteiger partial charge < -0.3 is 10.2 Å². The van der Waals surface area contributed by atoms with Crippen molar-refractivity contribution in [3.63, 3.8) is 0 Å². The van der Waals surface area contributed by atoms with Gasteiger partial charge >= 0.3 is 0 Å². The molecule has 0 spiro atoms. The van der Waals surface area contributed by atoms with Crippen molar-refractivity contribution < 1.29 is 4.79 Å². The molecule has 0 aromatic carbocycles. The van der Waals surface area contributed by atoms with Gasteiger partial charge in [0.25, 0.3) is 5.91 Å². The van der Waals surface area contributed by atoms with E-state index in [2.05, 4.69) is 27.4 Å². The fraction of sp³-hybridized carbons (Fsp3) is 0.786. The summed E-state index contributed by atoms with van der Waals surface area (Å²) >= 11 is 0. The van der Waals surface area contributed by atoms with Crippen LogP contribution in [0.25, 0.3) is 0 Å². The molecule has 0 saturated carbocycles. The Morgan fingerprint density at radius 1 is 1.50 bits per heavy atom. The van der Waals surface area contributed by atoms with Gasteiger partial charge in [0, 0.05) is 25.0 Å². The lowest BCUT2D eigenvalue weighted by molar-refractivity contribution is 0.0636. The van der Waals surface area contributed by atoms with Crippen LogP contribution in [0.2, 0.25) is 0 Å². The zero-order valence-electron chi connectivity index (χ0n) is 12.6. The van der Waals surface area contributed by atoms with E-state index < -0.39 is 0 Å². The Morgan fingerprint density at radius 2 is 2.30 bits per heavy atom. The number of hydrogen-bond acceptors (Lipinski definition) is 4. The Bertz CT molecular complexity index is 437. The van der Waals surface area contributed by atoms with Crippen LogP contribution in [0, 0.1) is 0 Å². The number of amides is 1. The number of hydrogen-bond donors (Lipinski definition) is 2. The molecule has 1 aliphatic heterocycles. The second-order valence-electron chi connectivity index (χ2n) is 5.70. The number of nitrogens with one attached hydrogen (secondary N) is 2. The van der Waals surface area contributed by atoms with Gasteiger partial charge in [-0.15, -0.1) is 5.10 Å². The standard InChI is InChI=1S/C14H25N5O/c1-4-8-19(11-6-5-7-15-9-11)14(20)13-16-12(10(2)3)17-18-13/h10-11,15H,4-9H2,1-3H3,(H,16,17,18). The predicted octanol–water partition coefficient (Wildman–Crippen LogP) is 1.53. The minimum Gasteiger partial charge on any atom is -0.332 e. The normalized spacial score (nSPS) is 19.3. The molecule has 1 atom stereocenters. The lowest BCUT2D eigenvalue weighted by Crippen LogP contribution is -2.49. The summed E-state index contributed by atoms with van der Waals surface area (Å²) in [5, 5.41) is 10.3. The topological polar surface area (TPSA) is 73.9 Å². The number of piperidine rings is 1. The molecule has 1 aromatic rings. The molecule has 1 aliphatic rings. The molecule has 2 heterocycles. The van der Waals surface area contributed by atoms with Crippen molar-refractivity contribution in [1.82, 2.24) is 25.4 Å². The molecular weight excluding hydrogens is 254 g/mol. The first-order valence-corrected chi connectivity index (χ1v) is 7.57. The summed E-state index contributed by atoms with van der Waals surface area (Å²) in [6.45, 7) is 8.83. The maximum atomic E-state index is 12.6. The van der Waals surface area contributed by atoms with E-state index in [0.717, 1.165) is 44.7 Å². The molecular formula is C14H25N5O. The molecule has 1 aromatic heterocycles. The van der Waals surface area contributed by atoms with Crippen LogP contribution in [0.3, 0.4) is 0 Å². The lowest BCUT2D eigenvalue weighted by atomic mass is 10.1. The molecule has 2 N–H and O–H groups in total. The van der Waals surface area contributed by atoms with Gasteiger partial charge in [-0.2, -0.15) is 0 Å². The van der Waals surface area contributed by atoms with Crippen molar-refractivity contribution in [1.29, 1.82) is 0 Å². The number of carbonyl (C=O) groups excluding carboxylic acids is 1. The molecule has 2 rings (SSSR count). The third-order valence-corrected chi connectivity index (χ3v) is 3.68. The quantitative estimate of drug-likeness (QED) is 0.857. The van der Waals surface area contributed by atoms with Crippen LogP contribution in [0.15, 0.2) is 0 Å². The Hall–Kier alpha value is -1.43. The lowest BCUT2D eigenvalue weighted by Gasteiger charge is -2.33. The van der Waals surface area contributed by atoms with Gasteiger partial charge in [-0.25, -0.2) is 4.98 Å². The maximum absolute atomic E-state index is 12.6. The maximum Gasteiger partial charge on any atom is 0.293 e. The first kappa shape index (κ1) is 15.0. The van der Waals surface area contributed by atoms with E-state index in [4.69, 9.17) is 0 Å². The van der Waals surface area contributed by atoms with Gasteiger partial charge in [0.2, 0.25) is 5.82 Å². The van der Waals surface area contributed by atoms with Gasteiger partial charge in [-0.1, -0.05) is 20.8 Å². The molecule has 6 heteroatoms. The summed E-state index contributed by atoms with van der Waals surface area (Å²) in [4.78, 5) is 18.9. The zero-order valence-corrected chi connectivity index (χ0v) is 12.6. The van der Waals surface area contributed by atoms with E-state index in [1.807, 2.05) is 18.7 Å². The van der Waals surface area contributed by atoms with Gasteiger partial charge in [0.15, 0.2) is 0 Å². The number of rotatable bonds is 5. The molecule has 0 aliphatic carbocycles. The van der Waals surface area contributed by atoms with Crippen molar-refractivity contribution in [3.8, 4) is 0 Å². The number of carbonyl (C=O) groups is 1. The molecule has 1 fully saturated rings. The average molecular weight is 279 g/mol. The Morgan fingerprint density at radius 3 is 2.85 bits per heavy atom.